The summed E-state index contributed by atoms with van der Waals surface area (Å²) in [5.41, 5.74) is -0.107. The van der Waals surface area contributed by atoms with Crippen LogP contribution in [0.15, 0.2) is 9.93 Å². The van der Waals surface area contributed by atoms with Crippen molar-refractivity contribution in [2.24, 2.45) is 5.92 Å². The molecule has 0 aromatic carbocycles. The van der Waals surface area contributed by atoms with Gasteiger partial charge in [0, 0.05) is 25.9 Å². The van der Waals surface area contributed by atoms with Crippen molar-refractivity contribution < 1.29 is 76.0 Å². The number of carboxylic acid groups (broad SMARTS) is 1. The largest absolute Gasteiger partial charge is 1.00 e. The van der Waals surface area contributed by atoms with E-state index in [1.807, 2.05) is 0 Å². The molecule has 2 amide bonds. The van der Waals surface area contributed by atoms with Gasteiger partial charge in [-0.1, -0.05) is 11.8 Å². The van der Waals surface area contributed by atoms with E-state index in [4.69, 9.17) is 0 Å². The molecule has 0 spiro atoms. The number of nitrogens with zero attached hydrogens (tertiary/aromatic N) is 2. The number of β-lactam (4-membered cyclic amide) rings is 1. The second-order valence-corrected chi connectivity index (χ2v) is 9.27. The Hall–Kier alpha value is 0.406. The van der Waals surface area contributed by atoms with Gasteiger partial charge in [0.05, 0.1) is 34.0 Å². The third-order valence-electron chi connectivity index (χ3n) is 4.56. The summed E-state index contributed by atoms with van der Waals surface area (Å²) in [5.74, 6) is -2.37. The maximum atomic E-state index is 12.2. The van der Waals surface area contributed by atoms with E-state index in [0.717, 1.165) is 0 Å². The fourth-order valence-corrected chi connectivity index (χ4v) is 6.58. The van der Waals surface area contributed by atoms with Gasteiger partial charge in [-0.05, 0) is 13.3 Å². The van der Waals surface area contributed by atoms with Crippen LogP contribution in [0.5, 0.6) is 0 Å². The van der Waals surface area contributed by atoms with Gasteiger partial charge in [0.25, 0.3) is 0 Å². The number of aliphatic hydroxyl groups is 1. The summed E-state index contributed by atoms with van der Waals surface area (Å²) in [6.45, 7) is 2.11. The van der Waals surface area contributed by atoms with E-state index < -0.39 is 23.4 Å². The van der Waals surface area contributed by atoms with E-state index in [2.05, 4.69) is 5.32 Å². The Balaban J connectivity index is 0.00000243. The van der Waals surface area contributed by atoms with Gasteiger partial charge in [-0.3, -0.25) is 14.5 Å². The molecule has 138 valence electrons. The van der Waals surface area contributed by atoms with Gasteiger partial charge in [0.1, 0.15) is 5.37 Å². The Morgan fingerprint density at radius 1 is 1.46 bits per heavy atom. The van der Waals surface area contributed by atoms with Crippen molar-refractivity contribution in [1.29, 1.82) is 0 Å². The second-order valence-electron chi connectivity index (χ2n) is 6.58. The average molecular weight is 426 g/mol. The van der Waals surface area contributed by atoms with Crippen LogP contribution in [0.4, 0.5) is 0 Å². The fraction of sp³-hybridized carbons (Fsp3) is 0.667. The van der Waals surface area contributed by atoms with Gasteiger partial charge in [0.15, 0.2) is 0 Å². The minimum atomic E-state index is -1.39. The maximum Gasteiger partial charge on any atom is 1.00 e. The van der Waals surface area contributed by atoms with Crippen LogP contribution in [0.3, 0.4) is 0 Å². The molecule has 2 N–H and O–H groups in total. The topological polar surface area (TPSA) is 113 Å². The van der Waals surface area contributed by atoms with Gasteiger partial charge in [-0.15, -0.1) is 11.8 Å². The standard InChI is InChI=1S/C15H21N3O5S2.K/c1-6(19)9-12(21)18-10(14(22)23)15(25-13(9)18)24-7-4-8(16-5-7)11(20)17(2)3;/h6-9,13,16,19H,4-5H2,1-3H3,(H,22,23);/q;+1/p-1/t6-,7+,8+,9+,13-;/m1./s1. The molecular weight excluding hydrogens is 405 g/mol. The molecule has 0 aromatic heterocycles. The predicted octanol–water partition coefficient (Wildman–Crippen LogP) is -4.63. The van der Waals surface area contributed by atoms with E-state index in [-0.39, 0.29) is 80.2 Å². The molecule has 0 saturated carbocycles. The van der Waals surface area contributed by atoms with E-state index in [1.165, 1.54) is 40.2 Å². The van der Waals surface area contributed by atoms with E-state index in [0.29, 0.717) is 17.2 Å². The third-order valence-corrected chi connectivity index (χ3v) is 7.39. The Morgan fingerprint density at radius 2 is 2.12 bits per heavy atom. The van der Waals surface area contributed by atoms with Crippen LogP contribution < -0.4 is 61.8 Å². The number of aliphatic carboxylic acids is 1. The molecule has 0 aliphatic carbocycles. The monoisotopic (exact) mass is 425 g/mol. The van der Waals surface area contributed by atoms with Crippen LogP contribution in [0, 0.1) is 5.92 Å². The summed E-state index contributed by atoms with van der Waals surface area (Å²) < 4.78 is 0.520. The van der Waals surface area contributed by atoms with Crippen molar-refractivity contribution >= 4 is 41.3 Å². The van der Waals surface area contributed by atoms with Gasteiger partial charge in [-0.2, -0.15) is 0 Å². The summed E-state index contributed by atoms with van der Waals surface area (Å²) in [6, 6.07) is -0.283. The van der Waals surface area contributed by atoms with Crippen LogP contribution >= 0.6 is 23.5 Å². The Bertz CT molecular complexity index is 657. The molecule has 3 aliphatic heterocycles. The quantitative estimate of drug-likeness (QED) is 0.334. The predicted molar refractivity (Wildman–Crippen MR) is 91.9 cm³/mol. The molecule has 0 aromatic rings. The number of hydrogen-bond acceptors (Lipinski definition) is 8. The Kier molecular flexibility index (Phi) is 7.70. The zero-order valence-electron chi connectivity index (χ0n) is 15.1. The van der Waals surface area contributed by atoms with Crippen molar-refractivity contribution in [3.63, 3.8) is 0 Å². The Labute approximate surface area is 202 Å². The number of hydrogen-bond donors (Lipinski definition) is 2. The van der Waals surface area contributed by atoms with E-state index in [9.17, 15) is 24.6 Å². The van der Waals surface area contributed by atoms with E-state index in [1.54, 1.807) is 14.1 Å². The number of carboxylic acids is 1. The van der Waals surface area contributed by atoms with Crippen molar-refractivity contribution in [3.8, 4) is 0 Å². The first-order valence-electron chi connectivity index (χ1n) is 7.97. The molecule has 8 nitrogen and oxygen atoms in total. The van der Waals surface area contributed by atoms with Gasteiger partial charge >= 0.3 is 51.4 Å². The average Bonchev–Trinajstić information content (AvgIpc) is 3.09. The number of thioether (sulfide) groups is 2. The molecular formula is C15H20KN3O5S2. The molecule has 26 heavy (non-hydrogen) atoms. The zero-order valence-corrected chi connectivity index (χ0v) is 19.8. The smallest absolute Gasteiger partial charge is 0.543 e. The van der Waals surface area contributed by atoms with Gasteiger partial charge in [0.2, 0.25) is 11.8 Å². The normalized spacial score (nSPS) is 31.2. The van der Waals surface area contributed by atoms with Gasteiger partial charge < -0.3 is 25.2 Å². The fourth-order valence-electron chi connectivity index (χ4n) is 3.27. The minimum Gasteiger partial charge on any atom is -0.543 e. The molecule has 3 heterocycles. The zero-order chi connectivity index (χ0) is 18.5. The number of fused-ring (bicyclic) bond motifs is 1. The molecule has 2 fully saturated rings. The van der Waals surface area contributed by atoms with Crippen LogP contribution in [0.1, 0.15) is 13.3 Å². The van der Waals surface area contributed by atoms with Gasteiger partial charge in [-0.25, -0.2) is 0 Å². The van der Waals surface area contributed by atoms with E-state index >= 15 is 0 Å². The summed E-state index contributed by atoms with van der Waals surface area (Å²) in [5, 5.41) is 24.1. The molecule has 0 unspecified atom stereocenters. The molecule has 3 rings (SSSR count). The van der Waals surface area contributed by atoms with Crippen LogP contribution in [0.2, 0.25) is 0 Å². The molecule has 0 radical (unpaired) electrons. The number of aliphatic hydroxyl groups excluding tert-OH is 1. The molecule has 2 saturated heterocycles. The number of carbonyl (C=O) groups is 3. The first kappa shape index (κ1) is 22.7. The number of likely N-dealkylation sites (N-methyl/N-ethyl adjacent to an activating group) is 1. The number of amides is 2. The number of nitrogens with one attached hydrogen (secondary N) is 1. The molecule has 3 aliphatic rings. The van der Waals surface area contributed by atoms with Crippen molar-refractivity contribution in [2.75, 3.05) is 20.6 Å². The minimum absolute atomic E-state index is 0. The first-order valence-corrected chi connectivity index (χ1v) is 9.73. The van der Waals surface area contributed by atoms with Crippen LogP contribution in [0.25, 0.3) is 0 Å². The number of carbonyl (C=O) groups excluding carboxylic acids is 3. The summed E-state index contributed by atoms with van der Waals surface area (Å²) in [7, 11) is 3.39. The second kappa shape index (κ2) is 8.83. The third kappa shape index (κ3) is 4.06. The summed E-state index contributed by atoms with van der Waals surface area (Å²) in [4.78, 5) is 38.5. The van der Waals surface area contributed by atoms with Crippen LogP contribution in [-0.2, 0) is 14.4 Å². The first-order chi connectivity index (χ1) is 11.7. The molecule has 0 bridgehead atoms. The van der Waals surface area contributed by atoms with Crippen molar-refractivity contribution in [1.82, 2.24) is 15.1 Å². The molecule has 11 heteroatoms. The SMILES string of the molecule is C[C@@H](O)[C@H]1C(=O)N2C(C(=O)[O-])=C(S[C@@H]3CN[C@H](C(=O)N(C)C)C3)S[C@H]12.[K+]. The summed E-state index contributed by atoms with van der Waals surface area (Å²) in [6.07, 6.45) is -0.242. The summed E-state index contributed by atoms with van der Waals surface area (Å²) >= 11 is 2.64. The Morgan fingerprint density at radius 3 is 2.65 bits per heavy atom. The van der Waals surface area contributed by atoms with Crippen molar-refractivity contribution in [3.05, 3.63) is 9.93 Å². The number of rotatable bonds is 5. The maximum absolute atomic E-state index is 12.2. The van der Waals surface area contributed by atoms with Crippen LogP contribution in [-0.4, -0.2) is 76.1 Å². The van der Waals surface area contributed by atoms with Crippen molar-refractivity contribution in [2.45, 2.75) is 36.1 Å². The molecule has 5 atom stereocenters.